The van der Waals surface area contributed by atoms with Crippen molar-refractivity contribution in [3.05, 3.63) is 41.5 Å². The topological polar surface area (TPSA) is 69.0 Å². The van der Waals surface area contributed by atoms with Crippen molar-refractivity contribution >= 4 is 17.0 Å². The molecular formula is C22H26F2N6O. The summed E-state index contributed by atoms with van der Waals surface area (Å²) < 4.78 is 35.2. The van der Waals surface area contributed by atoms with Crippen molar-refractivity contribution in [1.82, 2.24) is 24.7 Å². The van der Waals surface area contributed by atoms with Gasteiger partial charge in [-0.1, -0.05) is 0 Å². The molecule has 4 heterocycles. The Kier molecular flexibility index (Phi) is 5.08. The largest absolute Gasteiger partial charge is 0.370 e. The fourth-order valence-corrected chi connectivity index (χ4v) is 4.52. The van der Waals surface area contributed by atoms with E-state index in [4.69, 9.17) is 14.7 Å². The zero-order chi connectivity index (χ0) is 21.6. The monoisotopic (exact) mass is 428 g/mol. The van der Waals surface area contributed by atoms with E-state index in [1.165, 1.54) is 0 Å². The molecule has 1 unspecified atom stereocenters. The van der Waals surface area contributed by atoms with E-state index in [1.807, 2.05) is 38.5 Å². The molecule has 3 aromatic heterocycles. The van der Waals surface area contributed by atoms with Crippen LogP contribution in [0.4, 0.5) is 14.7 Å². The van der Waals surface area contributed by atoms with Gasteiger partial charge in [-0.25, -0.2) is 18.7 Å². The number of alkyl halides is 2. The Bertz CT molecular complexity index is 1090. The molecule has 1 atom stereocenters. The number of aryl methyl sites for hydroxylation is 2. The molecule has 0 bridgehead atoms. The minimum atomic E-state index is -2.57. The lowest BCUT2D eigenvalue weighted by Gasteiger charge is -2.33. The van der Waals surface area contributed by atoms with Crippen molar-refractivity contribution in [2.45, 2.75) is 50.6 Å². The third-order valence-corrected chi connectivity index (χ3v) is 6.27. The molecule has 31 heavy (non-hydrogen) atoms. The second kappa shape index (κ2) is 7.78. The maximum atomic E-state index is 13.8. The highest BCUT2D eigenvalue weighted by Crippen LogP contribution is 2.42. The number of rotatable bonds is 3. The number of anilines is 1. The molecule has 1 saturated heterocycles. The molecule has 3 aromatic rings. The average molecular weight is 428 g/mol. The summed E-state index contributed by atoms with van der Waals surface area (Å²) in [5.74, 6) is -1.99. The van der Waals surface area contributed by atoms with Gasteiger partial charge in [0, 0.05) is 55.2 Å². The van der Waals surface area contributed by atoms with E-state index in [0.29, 0.717) is 44.1 Å². The summed E-state index contributed by atoms with van der Waals surface area (Å²) in [5, 5.41) is 5.11. The standard InChI is InChI=1S/C22H26F2N6O/c1-14-3-4-17-19(15-5-7-22(23,24)8-6-15)27-21(28-20(17)26-14)30-9-10-31-18(13-30)16-11-25-29(2)12-16/h3-4,11-12,15,18H,5-10,13H2,1-2H3. The summed E-state index contributed by atoms with van der Waals surface area (Å²) in [6, 6.07) is 3.90. The Morgan fingerprint density at radius 1 is 1.13 bits per heavy atom. The van der Waals surface area contributed by atoms with E-state index in [9.17, 15) is 8.78 Å². The first-order valence-electron chi connectivity index (χ1n) is 10.8. The molecule has 164 valence electrons. The van der Waals surface area contributed by atoms with E-state index in [-0.39, 0.29) is 24.9 Å². The van der Waals surface area contributed by atoms with E-state index in [1.54, 1.807) is 4.68 Å². The lowest BCUT2D eigenvalue weighted by Crippen LogP contribution is -2.39. The molecule has 0 amide bonds. The van der Waals surface area contributed by atoms with Gasteiger partial charge in [-0.3, -0.25) is 4.68 Å². The third kappa shape index (κ3) is 4.11. The highest BCUT2D eigenvalue weighted by Gasteiger charge is 2.37. The molecule has 0 N–H and O–H groups in total. The Labute approximate surface area is 179 Å². The molecule has 1 saturated carbocycles. The van der Waals surface area contributed by atoms with Crippen LogP contribution in [-0.2, 0) is 11.8 Å². The molecule has 1 aliphatic heterocycles. The minimum absolute atomic E-state index is 0.0106. The molecule has 7 nitrogen and oxygen atoms in total. The van der Waals surface area contributed by atoms with Crippen molar-refractivity contribution in [3.63, 3.8) is 0 Å². The summed E-state index contributed by atoms with van der Waals surface area (Å²) >= 11 is 0. The van der Waals surface area contributed by atoms with Gasteiger partial charge in [0.2, 0.25) is 11.9 Å². The van der Waals surface area contributed by atoms with E-state index < -0.39 is 5.92 Å². The van der Waals surface area contributed by atoms with Gasteiger partial charge in [0.15, 0.2) is 5.65 Å². The molecular weight excluding hydrogens is 402 g/mol. The number of hydrogen-bond donors (Lipinski definition) is 0. The number of nitrogens with zero attached hydrogens (tertiary/aromatic N) is 6. The molecule has 2 aliphatic rings. The van der Waals surface area contributed by atoms with Crippen molar-refractivity contribution in [2.24, 2.45) is 7.05 Å². The summed E-state index contributed by atoms with van der Waals surface area (Å²) in [6.07, 6.45) is 4.30. The van der Waals surface area contributed by atoms with Crippen LogP contribution in [0.2, 0.25) is 0 Å². The van der Waals surface area contributed by atoms with Gasteiger partial charge in [0.05, 0.1) is 25.0 Å². The number of pyridine rings is 1. The number of fused-ring (bicyclic) bond motifs is 1. The normalized spacial score (nSPS) is 22.2. The molecule has 0 radical (unpaired) electrons. The fraction of sp³-hybridized carbons (Fsp3) is 0.545. The van der Waals surface area contributed by atoms with E-state index in [0.717, 1.165) is 22.3 Å². The Hall–Kier alpha value is -2.68. The molecule has 1 aliphatic carbocycles. The lowest BCUT2D eigenvalue weighted by atomic mass is 9.83. The SMILES string of the molecule is Cc1ccc2c(C3CCC(F)(F)CC3)nc(N3CCOC(c4cnn(C)c4)C3)nc2n1. The van der Waals surface area contributed by atoms with Gasteiger partial charge in [-0.05, 0) is 31.9 Å². The van der Waals surface area contributed by atoms with Crippen LogP contribution in [0.15, 0.2) is 24.5 Å². The van der Waals surface area contributed by atoms with Gasteiger partial charge in [-0.15, -0.1) is 0 Å². The van der Waals surface area contributed by atoms with Crippen LogP contribution < -0.4 is 4.90 Å². The summed E-state index contributed by atoms with van der Waals surface area (Å²) in [5.41, 5.74) is 3.35. The van der Waals surface area contributed by atoms with E-state index in [2.05, 4.69) is 15.0 Å². The van der Waals surface area contributed by atoms with Gasteiger partial charge in [-0.2, -0.15) is 10.1 Å². The van der Waals surface area contributed by atoms with Gasteiger partial charge < -0.3 is 9.64 Å². The molecule has 0 aromatic carbocycles. The molecule has 0 spiro atoms. The second-order valence-corrected chi connectivity index (χ2v) is 8.62. The van der Waals surface area contributed by atoms with E-state index >= 15 is 0 Å². The zero-order valence-electron chi connectivity index (χ0n) is 17.8. The lowest BCUT2D eigenvalue weighted by molar-refractivity contribution is -0.0383. The number of hydrogen-bond acceptors (Lipinski definition) is 6. The van der Waals surface area contributed by atoms with Crippen molar-refractivity contribution in [2.75, 3.05) is 24.6 Å². The van der Waals surface area contributed by atoms with Crippen LogP contribution in [0.3, 0.4) is 0 Å². The van der Waals surface area contributed by atoms with Gasteiger partial charge >= 0.3 is 0 Å². The third-order valence-electron chi connectivity index (χ3n) is 6.27. The van der Waals surface area contributed by atoms with Crippen LogP contribution in [0, 0.1) is 6.92 Å². The van der Waals surface area contributed by atoms with Crippen molar-refractivity contribution in [1.29, 1.82) is 0 Å². The first-order valence-corrected chi connectivity index (χ1v) is 10.8. The van der Waals surface area contributed by atoms with Crippen LogP contribution >= 0.6 is 0 Å². The Morgan fingerprint density at radius 3 is 2.68 bits per heavy atom. The summed E-state index contributed by atoms with van der Waals surface area (Å²) in [7, 11) is 1.88. The average Bonchev–Trinajstić information content (AvgIpc) is 3.19. The highest BCUT2D eigenvalue weighted by molar-refractivity contribution is 5.79. The smallest absolute Gasteiger partial charge is 0.248 e. The zero-order valence-corrected chi connectivity index (χ0v) is 17.8. The predicted molar refractivity (Wildman–Crippen MR) is 112 cm³/mol. The van der Waals surface area contributed by atoms with Crippen LogP contribution in [-0.4, -0.2) is 50.4 Å². The quantitative estimate of drug-likeness (QED) is 0.630. The van der Waals surface area contributed by atoms with Crippen LogP contribution in [0.25, 0.3) is 11.0 Å². The van der Waals surface area contributed by atoms with Crippen LogP contribution in [0.1, 0.15) is 54.7 Å². The maximum absolute atomic E-state index is 13.8. The molecule has 5 rings (SSSR count). The minimum Gasteiger partial charge on any atom is -0.370 e. The van der Waals surface area contributed by atoms with Crippen molar-refractivity contribution in [3.8, 4) is 0 Å². The Balaban J connectivity index is 1.50. The van der Waals surface area contributed by atoms with Gasteiger partial charge in [0.1, 0.15) is 6.10 Å². The summed E-state index contributed by atoms with van der Waals surface area (Å²) in [6.45, 7) is 3.74. The predicted octanol–water partition coefficient (Wildman–Crippen LogP) is 3.94. The Morgan fingerprint density at radius 2 is 1.94 bits per heavy atom. The molecule has 9 heteroatoms. The van der Waals surface area contributed by atoms with Gasteiger partial charge in [0.25, 0.3) is 0 Å². The number of morpholine rings is 1. The number of ether oxygens (including phenoxy) is 1. The summed E-state index contributed by atoms with van der Waals surface area (Å²) in [4.78, 5) is 16.4. The molecule has 2 fully saturated rings. The van der Waals surface area contributed by atoms with Crippen LogP contribution in [0.5, 0.6) is 0 Å². The first-order chi connectivity index (χ1) is 14.9. The maximum Gasteiger partial charge on any atom is 0.248 e. The number of aromatic nitrogens is 5. The first kappa shape index (κ1) is 20.2. The van der Waals surface area contributed by atoms with Crippen molar-refractivity contribution < 1.29 is 13.5 Å². The fourth-order valence-electron chi connectivity index (χ4n) is 4.52. The highest BCUT2D eigenvalue weighted by atomic mass is 19.3. The second-order valence-electron chi connectivity index (χ2n) is 8.62. The number of halogens is 2.